The quantitative estimate of drug-likeness (QED) is 0.355. The van der Waals surface area contributed by atoms with E-state index in [1.54, 1.807) is 12.1 Å². The van der Waals surface area contributed by atoms with Crippen molar-refractivity contribution in [2.24, 2.45) is 0 Å². The molecule has 10 nitrogen and oxygen atoms in total. The molecule has 1 fully saturated rings. The zero-order valence-electron chi connectivity index (χ0n) is 19.1. The number of fused-ring (bicyclic) bond motifs is 1. The number of carbonyl (C=O) groups is 5. The first-order valence-electron chi connectivity index (χ1n) is 11.4. The monoisotopic (exact) mass is 499 g/mol. The van der Waals surface area contributed by atoms with Crippen LogP contribution >= 0.6 is 0 Å². The van der Waals surface area contributed by atoms with Crippen molar-refractivity contribution in [1.29, 1.82) is 0 Å². The minimum Gasteiger partial charge on any atom is -0.384 e. The van der Waals surface area contributed by atoms with Crippen LogP contribution in [-0.2, 0) is 9.59 Å². The molecular weight excluding hydrogens is 476 g/mol. The van der Waals surface area contributed by atoms with Crippen LogP contribution in [0.25, 0.3) is 0 Å². The number of rotatable bonds is 9. The SMILES string of the molecule is O=C1CCC(N2C(=O)c3cccc(NCCCCNC(=O)c4cccnc4C(F)F)c3C2=O)C(=O)N1. The van der Waals surface area contributed by atoms with Crippen LogP contribution in [0.2, 0.25) is 0 Å². The van der Waals surface area contributed by atoms with E-state index in [1.807, 2.05) is 0 Å². The summed E-state index contributed by atoms with van der Waals surface area (Å²) in [4.78, 5) is 66.2. The number of nitrogens with zero attached hydrogens (tertiary/aromatic N) is 2. The highest BCUT2D eigenvalue weighted by molar-refractivity contribution is 6.25. The molecule has 1 aromatic heterocycles. The number of alkyl halides is 2. The van der Waals surface area contributed by atoms with Gasteiger partial charge in [0, 0.05) is 31.4 Å². The fourth-order valence-electron chi connectivity index (χ4n) is 4.22. The molecule has 1 aromatic carbocycles. The van der Waals surface area contributed by atoms with Gasteiger partial charge >= 0.3 is 0 Å². The van der Waals surface area contributed by atoms with Crippen LogP contribution < -0.4 is 16.0 Å². The second kappa shape index (κ2) is 10.6. The number of hydrogen-bond acceptors (Lipinski definition) is 7. The van der Waals surface area contributed by atoms with Crippen LogP contribution in [-0.4, -0.2) is 58.6 Å². The summed E-state index contributed by atoms with van der Waals surface area (Å²) in [6.45, 7) is 0.646. The molecule has 3 N–H and O–H groups in total. The topological polar surface area (TPSA) is 138 Å². The van der Waals surface area contributed by atoms with Gasteiger partial charge in [0.15, 0.2) is 0 Å². The van der Waals surface area contributed by atoms with Crippen molar-refractivity contribution in [2.75, 3.05) is 18.4 Å². The molecule has 1 atom stereocenters. The third-order valence-corrected chi connectivity index (χ3v) is 5.96. The third-order valence-electron chi connectivity index (χ3n) is 5.96. The standard InChI is InChI=1S/C24H23F2N5O5/c25-20(26)19-14(6-4-12-28-19)21(33)29-11-2-1-10-27-15-7-3-5-13-18(15)24(36)31(23(13)35)16-8-9-17(32)30-22(16)34/h3-7,12,16,20,27H,1-2,8-11H2,(H,29,33)(H,30,32,34). The van der Waals surface area contributed by atoms with Gasteiger partial charge in [-0.2, -0.15) is 0 Å². The Bertz CT molecular complexity index is 1240. The first kappa shape index (κ1) is 24.9. The number of unbranched alkanes of at least 4 members (excludes halogenated alkanes) is 1. The summed E-state index contributed by atoms with van der Waals surface area (Å²) in [5.41, 5.74) is 0.0286. The minimum atomic E-state index is -2.86. The van der Waals surface area contributed by atoms with Crippen molar-refractivity contribution in [3.05, 3.63) is 58.9 Å². The highest BCUT2D eigenvalue weighted by Gasteiger charge is 2.45. The van der Waals surface area contributed by atoms with E-state index < -0.39 is 47.7 Å². The highest BCUT2D eigenvalue weighted by Crippen LogP contribution is 2.32. The summed E-state index contributed by atoms with van der Waals surface area (Å²) in [6.07, 6.45) is -0.459. The lowest BCUT2D eigenvalue weighted by Crippen LogP contribution is -2.54. The Morgan fingerprint density at radius 1 is 1.08 bits per heavy atom. The van der Waals surface area contributed by atoms with Crippen molar-refractivity contribution >= 4 is 35.2 Å². The number of pyridine rings is 1. The number of anilines is 1. The Hall–Kier alpha value is -4.22. The Kier molecular flexibility index (Phi) is 7.32. The van der Waals surface area contributed by atoms with Crippen molar-refractivity contribution in [3.63, 3.8) is 0 Å². The van der Waals surface area contributed by atoms with Crippen LogP contribution in [0.3, 0.4) is 0 Å². The summed E-state index contributed by atoms with van der Waals surface area (Å²) >= 11 is 0. The van der Waals surface area contributed by atoms with Gasteiger partial charge in [-0.15, -0.1) is 0 Å². The summed E-state index contributed by atoms with van der Waals surface area (Å²) < 4.78 is 26.0. The number of piperidine rings is 1. The number of hydrogen-bond donors (Lipinski definition) is 3. The maximum Gasteiger partial charge on any atom is 0.281 e. The number of amides is 5. The first-order chi connectivity index (χ1) is 17.3. The minimum absolute atomic E-state index is 0.0374. The molecule has 5 amide bonds. The Morgan fingerprint density at radius 3 is 2.61 bits per heavy atom. The van der Waals surface area contributed by atoms with Gasteiger partial charge in [0.05, 0.1) is 16.7 Å². The Balaban J connectivity index is 1.31. The zero-order valence-corrected chi connectivity index (χ0v) is 19.1. The second-order valence-corrected chi connectivity index (χ2v) is 8.30. The fourth-order valence-corrected chi connectivity index (χ4v) is 4.22. The molecule has 188 valence electrons. The molecule has 3 heterocycles. The largest absolute Gasteiger partial charge is 0.384 e. The predicted octanol–water partition coefficient (Wildman–Crippen LogP) is 2.04. The van der Waals surface area contributed by atoms with E-state index in [0.717, 1.165) is 4.90 Å². The van der Waals surface area contributed by atoms with Crippen LogP contribution in [0.4, 0.5) is 14.5 Å². The van der Waals surface area contributed by atoms with E-state index in [0.29, 0.717) is 25.1 Å². The fraction of sp³-hybridized carbons (Fsp3) is 0.333. The van der Waals surface area contributed by atoms with Gasteiger partial charge in [-0.05, 0) is 43.5 Å². The molecule has 0 aliphatic carbocycles. The van der Waals surface area contributed by atoms with Crippen LogP contribution in [0.1, 0.15) is 68.9 Å². The molecule has 2 aromatic rings. The van der Waals surface area contributed by atoms with E-state index in [-0.39, 0.29) is 36.1 Å². The van der Waals surface area contributed by atoms with Gasteiger partial charge < -0.3 is 10.6 Å². The average molecular weight is 499 g/mol. The maximum atomic E-state index is 13.1. The van der Waals surface area contributed by atoms with E-state index in [9.17, 15) is 32.8 Å². The normalized spacial score (nSPS) is 17.3. The van der Waals surface area contributed by atoms with Gasteiger partial charge in [0.2, 0.25) is 11.8 Å². The lowest BCUT2D eigenvalue weighted by Gasteiger charge is -2.27. The second-order valence-electron chi connectivity index (χ2n) is 8.30. The van der Waals surface area contributed by atoms with Crippen LogP contribution in [0, 0.1) is 0 Å². The predicted molar refractivity (Wildman–Crippen MR) is 122 cm³/mol. The van der Waals surface area contributed by atoms with E-state index in [1.165, 1.54) is 24.4 Å². The smallest absolute Gasteiger partial charge is 0.281 e. The van der Waals surface area contributed by atoms with E-state index in [2.05, 4.69) is 20.9 Å². The summed E-state index contributed by atoms with van der Waals surface area (Å²) in [5.74, 6) is -2.95. The lowest BCUT2D eigenvalue weighted by molar-refractivity contribution is -0.136. The molecule has 4 rings (SSSR count). The number of nitrogens with one attached hydrogen (secondary N) is 3. The van der Waals surface area contributed by atoms with E-state index >= 15 is 0 Å². The molecule has 1 saturated heterocycles. The van der Waals surface area contributed by atoms with Crippen molar-refractivity contribution in [2.45, 2.75) is 38.2 Å². The number of aromatic nitrogens is 1. The highest BCUT2D eigenvalue weighted by atomic mass is 19.3. The van der Waals surface area contributed by atoms with E-state index in [4.69, 9.17) is 0 Å². The summed E-state index contributed by atoms with van der Waals surface area (Å²) in [7, 11) is 0. The Labute approximate surface area is 204 Å². The van der Waals surface area contributed by atoms with Gasteiger partial charge in [-0.3, -0.25) is 39.2 Å². The lowest BCUT2D eigenvalue weighted by atomic mass is 10.0. The molecule has 0 saturated carbocycles. The number of halogens is 2. The van der Waals surface area contributed by atoms with Crippen LogP contribution in [0.15, 0.2) is 36.5 Å². The van der Waals surface area contributed by atoms with Crippen molar-refractivity contribution < 1.29 is 32.8 Å². The first-order valence-corrected chi connectivity index (χ1v) is 11.4. The van der Waals surface area contributed by atoms with Crippen molar-refractivity contribution in [1.82, 2.24) is 20.5 Å². The van der Waals surface area contributed by atoms with Gasteiger partial charge in [0.25, 0.3) is 24.1 Å². The summed E-state index contributed by atoms with van der Waals surface area (Å²) in [5, 5.41) is 7.85. The molecule has 1 unspecified atom stereocenters. The molecule has 36 heavy (non-hydrogen) atoms. The maximum absolute atomic E-state index is 13.1. The van der Waals surface area contributed by atoms with Crippen molar-refractivity contribution in [3.8, 4) is 0 Å². The van der Waals surface area contributed by atoms with Crippen LogP contribution in [0.5, 0.6) is 0 Å². The molecule has 2 aliphatic heterocycles. The number of carbonyl (C=O) groups excluding carboxylic acids is 5. The molecule has 0 bridgehead atoms. The summed E-state index contributed by atoms with van der Waals surface area (Å²) in [6, 6.07) is 6.43. The average Bonchev–Trinajstić information content (AvgIpc) is 3.11. The molecule has 0 radical (unpaired) electrons. The van der Waals surface area contributed by atoms with Gasteiger partial charge in [-0.1, -0.05) is 6.07 Å². The van der Waals surface area contributed by atoms with Gasteiger partial charge in [0.1, 0.15) is 11.7 Å². The number of imide groups is 2. The molecule has 12 heteroatoms. The molecule has 0 spiro atoms. The number of benzene rings is 1. The molecular formula is C24H23F2N5O5. The zero-order chi connectivity index (χ0) is 25.8. The molecule has 2 aliphatic rings. The van der Waals surface area contributed by atoms with Gasteiger partial charge in [-0.25, -0.2) is 8.78 Å². The Morgan fingerprint density at radius 2 is 1.86 bits per heavy atom. The third kappa shape index (κ3) is 4.92.